The van der Waals surface area contributed by atoms with E-state index in [1.54, 1.807) is 45.0 Å². The molecule has 1 aliphatic heterocycles. The van der Waals surface area contributed by atoms with Crippen molar-refractivity contribution in [2.75, 3.05) is 26.2 Å². The zero-order chi connectivity index (χ0) is 20.8. The van der Waals surface area contributed by atoms with Crippen molar-refractivity contribution in [2.24, 2.45) is 0 Å². The molecule has 0 N–H and O–H groups in total. The number of rotatable bonds is 8. The van der Waals surface area contributed by atoms with E-state index in [1.165, 1.54) is 4.31 Å². The molecule has 28 heavy (non-hydrogen) atoms. The van der Waals surface area contributed by atoms with Crippen LogP contribution < -0.4 is 4.74 Å². The van der Waals surface area contributed by atoms with Gasteiger partial charge in [-0.25, -0.2) is 4.79 Å². The summed E-state index contributed by atoms with van der Waals surface area (Å²) < 4.78 is 37.8. The van der Waals surface area contributed by atoms with E-state index in [9.17, 15) is 18.0 Å². The fourth-order valence-corrected chi connectivity index (χ4v) is 4.19. The van der Waals surface area contributed by atoms with Crippen LogP contribution in [0.15, 0.2) is 24.3 Å². The van der Waals surface area contributed by atoms with Gasteiger partial charge in [0.2, 0.25) is 0 Å². The molecule has 1 aliphatic rings. The standard InChI is InChI=1S/C19H28N2O6S/c1-19(2,3)27-18(23)21-13-12-20(28(21,24)25)11-5-4-6-14-26-17-9-7-16(15-22)8-10-17/h7-10,15H,4-6,11-14H2,1-3H3. The van der Waals surface area contributed by atoms with E-state index in [-0.39, 0.29) is 13.1 Å². The van der Waals surface area contributed by atoms with Gasteiger partial charge in [0.25, 0.3) is 0 Å². The summed E-state index contributed by atoms with van der Waals surface area (Å²) in [7, 11) is -3.81. The molecule has 1 saturated heterocycles. The van der Waals surface area contributed by atoms with Crippen molar-refractivity contribution in [2.45, 2.75) is 45.6 Å². The van der Waals surface area contributed by atoms with Crippen molar-refractivity contribution in [3.63, 3.8) is 0 Å². The Bertz CT molecular complexity index is 771. The Hall–Kier alpha value is -2.13. The largest absolute Gasteiger partial charge is 0.494 e. The molecule has 1 heterocycles. The highest BCUT2D eigenvalue weighted by atomic mass is 32.2. The fourth-order valence-electron chi connectivity index (χ4n) is 2.70. The van der Waals surface area contributed by atoms with Gasteiger partial charge in [0, 0.05) is 18.7 Å². The normalized spacial score (nSPS) is 16.8. The quantitative estimate of drug-likeness (QED) is 0.481. The maximum atomic E-state index is 12.5. The number of nitrogens with zero attached hydrogens (tertiary/aromatic N) is 2. The second kappa shape index (κ2) is 9.38. The van der Waals surface area contributed by atoms with E-state index in [2.05, 4.69) is 0 Å². The Morgan fingerprint density at radius 1 is 1.11 bits per heavy atom. The van der Waals surface area contributed by atoms with Gasteiger partial charge in [0.15, 0.2) is 0 Å². The van der Waals surface area contributed by atoms with Crippen LogP contribution >= 0.6 is 0 Å². The molecule has 1 aromatic rings. The van der Waals surface area contributed by atoms with E-state index in [4.69, 9.17) is 9.47 Å². The summed E-state index contributed by atoms with van der Waals surface area (Å²) in [6.45, 7) is 6.35. The zero-order valence-electron chi connectivity index (χ0n) is 16.6. The lowest BCUT2D eigenvalue weighted by molar-refractivity contribution is 0.0404. The van der Waals surface area contributed by atoms with Gasteiger partial charge >= 0.3 is 16.3 Å². The van der Waals surface area contributed by atoms with Crippen molar-refractivity contribution >= 4 is 22.6 Å². The minimum atomic E-state index is -3.81. The second-order valence-electron chi connectivity index (χ2n) is 7.56. The molecule has 2 rings (SSSR count). The van der Waals surface area contributed by atoms with Crippen molar-refractivity contribution < 1.29 is 27.5 Å². The summed E-state index contributed by atoms with van der Waals surface area (Å²) in [4.78, 5) is 22.7. The van der Waals surface area contributed by atoms with Crippen molar-refractivity contribution in [3.05, 3.63) is 29.8 Å². The maximum absolute atomic E-state index is 12.5. The molecule has 0 aliphatic carbocycles. The topological polar surface area (TPSA) is 93.2 Å². The lowest BCUT2D eigenvalue weighted by Gasteiger charge is -2.24. The number of carbonyl (C=O) groups is 2. The fraction of sp³-hybridized carbons (Fsp3) is 0.579. The summed E-state index contributed by atoms with van der Waals surface area (Å²) in [5.74, 6) is 0.695. The van der Waals surface area contributed by atoms with Crippen LogP contribution in [0.5, 0.6) is 5.75 Å². The first-order valence-corrected chi connectivity index (χ1v) is 10.7. The molecule has 0 atom stereocenters. The number of benzene rings is 1. The van der Waals surface area contributed by atoms with Crippen LogP contribution in [-0.4, -0.2) is 61.2 Å². The zero-order valence-corrected chi connectivity index (χ0v) is 17.4. The first-order chi connectivity index (χ1) is 13.1. The molecule has 8 nitrogen and oxygen atoms in total. The molecule has 0 aromatic heterocycles. The Kier molecular flexibility index (Phi) is 7.42. The number of ether oxygens (including phenoxy) is 2. The molecule has 1 fully saturated rings. The van der Waals surface area contributed by atoms with Gasteiger partial charge in [-0.1, -0.05) is 0 Å². The van der Waals surface area contributed by atoms with Gasteiger partial charge in [0.1, 0.15) is 17.6 Å². The van der Waals surface area contributed by atoms with Gasteiger partial charge in [-0.05, 0) is 64.3 Å². The van der Waals surface area contributed by atoms with Gasteiger partial charge in [-0.3, -0.25) is 4.79 Å². The number of hydrogen-bond donors (Lipinski definition) is 0. The van der Waals surface area contributed by atoms with E-state index >= 15 is 0 Å². The molecular weight excluding hydrogens is 384 g/mol. The average Bonchev–Trinajstić information content (AvgIpc) is 2.91. The number of carbonyl (C=O) groups excluding carboxylic acids is 2. The third kappa shape index (κ3) is 6.20. The highest BCUT2D eigenvalue weighted by Crippen LogP contribution is 2.21. The second-order valence-corrected chi connectivity index (χ2v) is 9.41. The Labute approximate surface area is 166 Å². The van der Waals surface area contributed by atoms with Crippen LogP contribution in [0.2, 0.25) is 0 Å². The van der Waals surface area contributed by atoms with Crippen molar-refractivity contribution in [1.29, 1.82) is 0 Å². The molecule has 0 radical (unpaired) electrons. The Morgan fingerprint density at radius 3 is 2.39 bits per heavy atom. The summed E-state index contributed by atoms with van der Waals surface area (Å²) in [5, 5.41) is 0. The third-order valence-corrected chi connectivity index (χ3v) is 6.00. The first kappa shape index (κ1) is 22.2. The summed E-state index contributed by atoms with van der Waals surface area (Å²) in [6.07, 6.45) is 2.20. The van der Waals surface area contributed by atoms with E-state index in [0.717, 1.165) is 23.4 Å². The number of aldehydes is 1. The SMILES string of the molecule is CC(C)(C)OC(=O)N1CCN(CCCCCOc2ccc(C=O)cc2)S1(=O)=O. The lowest BCUT2D eigenvalue weighted by Crippen LogP contribution is -2.40. The molecule has 0 unspecified atom stereocenters. The summed E-state index contributed by atoms with van der Waals surface area (Å²) in [6, 6.07) is 6.87. The van der Waals surface area contributed by atoms with Crippen LogP contribution in [0.4, 0.5) is 4.79 Å². The van der Waals surface area contributed by atoms with Gasteiger partial charge in [-0.15, -0.1) is 0 Å². The molecule has 9 heteroatoms. The van der Waals surface area contributed by atoms with Crippen LogP contribution in [0.25, 0.3) is 0 Å². The molecule has 1 aromatic carbocycles. The predicted molar refractivity (Wildman–Crippen MR) is 105 cm³/mol. The van der Waals surface area contributed by atoms with Crippen LogP contribution in [0.3, 0.4) is 0 Å². The first-order valence-electron chi connectivity index (χ1n) is 9.32. The number of unbranched alkanes of at least 4 members (excludes halogenated alkanes) is 2. The minimum absolute atomic E-state index is 0.108. The smallest absolute Gasteiger partial charge is 0.425 e. The van der Waals surface area contributed by atoms with Crippen molar-refractivity contribution in [1.82, 2.24) is 8.61 Å². The summed E-state index contributed by atoms with van der Waals surface area (Å²) in [5.41, 5.74) is -0.146. The van der Waals surface area contributed by atoms with Crippen molar-refractivity contribution in [3.8, 4) is 5.75 Å². The van der Waals surface area contributed by atoms with Crippen LogP contribution in [0, 0.1) is 0 Å². The molecule has 156 valence electrons. The molecule has 0 bridgehead atoms. The average molecular weight is 413 g/mol. The van der Waals surface area contributed by atoms with Gasteiger partial charge in [-0.2, -0.15) is 17.0 Å². The number of hydrogen-bond acceptors (Lipinski definition) is 6. The molecular formula is C19H28N2O6S. The van der Waals surface area contributed by atoms with E-state index in [1.807, 2.05) is 0 Å². The monoisotopic (exact) mass is 412 g/mol. The highest BCUT2D eigenvalue weighted by Gasteiger charge is 2.41. The van der Waals surface area contributed by atoms with Crippen LogP contribution in [0.1, 0.15) is 50.4 Å². The Balaban J connectivity index is 1.70. The predicted octanol–water partition coefficient (Wildman–Crippen LogP) is 2.85. The summed E-state index contributed by atoms with van der Waals surface area (Å²) >= 11 is 0. The molecule has 1 amide bonds. The van der Waals surface area contributed by atoms with Crippen LogP contribution in [-0.2, 0) is 14.9 Å². The molecule has 0 spiro atoms. The van der Waals surface area contributed by atoms with E-state index < -0.39 is 21.9 Å². The van der Waals surface area contributed by atoms with E-state index in [0.29, 0.717) is 30.9 Å². The maximum Gasteiger partial charge on any atom is 0.425 e. The third-order valence-electron chi connectivity index (χ3n) is 4.09. The van der Waals surface area contributed by atoms with Gasteiger partial charge in [0.05, 0.1) is 13.2 Å². The van der Waals surface area contributed by atoms with Gasteiger partial charge < -0.3 is 9.47 Å². The highest BCUT2D eigenvalue weighted by molar-refractivity contribution is 7.87. The lowest BCUT2D eigenvalue weighted by atomic mass is 10.2. The minimum Gasteiger partial charge on any atom is -0.494 e. The molecule has 0 saturated carbocycles. The Morgan fingerprint density at radius 2 is 1.79 bits per heavy atom. The number of amides is 1.